The highest BCUT2D eigenvalue weighted by Crippen LogP contribution is 2.19. The van der Waals surface area contributed by atoms with Gasteiger partial charge in [-0.1, -0.05) is 12.1 Å². The smallest absolute Gasteiger partial charge is 0.191 e. The van der Waals surface area contributed by atoms with Gasteiger partial charge in [0.1, 0.15) is 6.54 Å². The van der Waals surface area contributed by atoms with Crippen molar-refractivity contribution in [3.63, 3.8) is 0 Å². The minimum atomic E-state index is 0.178. The van der Waals surface area contributed by atoms with Crippen molar-refractivity contribution in [2.75, 3.05) is 19.3 Å². The van der Waals surface area contributed by atoms with E-state index in [2.05, 4.69) is 54.7 Å². The minimum absolute atomic E-state index is 0.178. The van der Waals surface area contributed by atoms with Gasteiger partial charge in [0, 0.05) is 23.9 Å². The summed E-state index contributed by atoms with van der Waals surface area (Å²) in [4.78, 5) is 4.52. The van der Waals surface area contributed by atoms with E-state index in [0.29, 0.717) is 6.54 Å². The Morgan fingerprint density at radius 3 is 2.70 bits per heavy atom. The Morgan fingerprint density at radius 1 is 1.40 bits per heavy atom. The van der Waals surface area contributed by atoms with Gasteiger partial charge in [-0.25, -0.2) is 4.99 Å². The van der Waals surface area contributed by atoms with Gasteiger partial charge in [-0.2, -0.15) is 11.8 Å². The molecule has 0 radical (unpaired) electrons. The van der Waals surface area contributed by atoms with Crippen molar-refractivity contribution >= 4 is 17.7 Å². The van der Waals surface area contributed by atoms with E-state index in [4.69, 9.17) is 4.52 Å². The Morgan fingerprint density at radius 2 is 2.15 bits per heavy atom. The zero-order valence-corrected chi connectivity index (χ0v) is 13.9. The van der Waals surface area contributed by atoms with E-state index < -0.39 is 0 Å². The number of aliphatic imine (C=N–C) groups is 1. The number of aromatic nitrogens is 1. The summed E-state index contributed by atoms with van der Waals surface area (Å²) in [5, 5.41) is 10.6. The molecule has 0 saturated carbocycles. The van der Waals surface area contributed by atoms with Gasteiger partial charge in [0.25, 0.3) is 0 Å². The van der Waals surface area contributed by atoms with Crippen molar-refractivity contribution in [3.8, 4) is 0 Å². The predicted molar refractivity (Wildman–Crippen MR) is 86.3 cm³/mol. The van der Waals surface area contributed by atoms with Crippen LogP contribution < -0.4 is 10.6 Å². The van der Waals surface area contributed by atoms with Gasteiger partial charge >= 0.3 is 0 Å². The number of hydrogen-bond donors (Lipinski definition) is 2. The van der Waals surface area contributed by atoms with Crippen molar-refractivity contribution in [3.05, 3.63) is 17.5 Å². The second-order valence-corrected chi connectivity index (χ2v) is 6.66. The number of aryl methyl sites for hydroxylation is 1. The van der Waals surface area contributed by atoms with Crippen molar-refractivity contribution < 1.29 is 4.52 Å². The largest absolute Gasteiger partial charge is 0.359 e. The molecule has 0 atom stereocenters. The van der Waals surface area contributed by atoms with E-state index in [1.807, 2.05) is 17.8 Å². The Balaban J connectivity index is 2.58. The molecule has 0 saturated heterocycles. The van der Waals surface area contributed by atoms with E-state index >= 15 is 0 Å². The molecule has 1 rings (SSSR count). The van der Waals surface area contributed by atoms with Crippen LogP contribution in [-0.4, -0.2) is 35.2 Å². The van der Waals surface area contributed by atoms with E-state index in [0.717, 1.165) is 36.9 Å². The van der Waals surface area contributed by atoms with Crippen LogP contribution in [0.1, 0.15) is 39.1 Å². The summed E-state index contributed by atoms with van der Waals surface area (Å²) >= 11 is 1.83. The third-order valence-corrected chi connectivity index (χ3v) is 4.19. The molecule has 114 valence electrons. The summed E-state index contributed by atoms with van der Waals surface area (Å²) in [6.07, 6.45) is 3.00. The van der Waals surface area contributed by atoms with Crippen molar-refractivity contribution in [1.82, 2.24) is 15.8 Å². The Hall–Kier alpha value is -1.17. The molecule has 2 N–H and O–H groups in total. The lowest BCUT2D eigenvalue weighted by Crippen LogP contribution is -2.43. The number of thioether (sulfide) groups is 1. The molecule has 1 heterocycles. The van der Waals surface area contributed by atoms with Gasteiger partial charge in [0.05, 0.1) is 5.69 Å². The molecule has 0 fully saturated rings. The molecule has 0 unspecified atom stereocenters. The third-order valence-electron chi connectivity index (χ3n) is 2.94. The van der Waals surface area contributed by atoms with Crippen LogP contribution in [0, 0.1) is 0 Å². The molecule has 0 spiro atoms. The molecule has 0 bridgehead atoms. The van der Waals surface area contributed by atoms with Gasteiger partial charge in [-0.15, -0.1) is 0 Å². The maximum absolute atomic E-state index is 5.23. The predicted octanol–water partition coefficient (Wildman–Crippen LogP) is 2.43. The average Bonchev–Trinajstić information content (AvgIpc) is 2.90. The molecule has 20 heavy (non-hydrogen) atoms. The maximum Gasteiger partial charge on any atom is 0.191 e. The normalized spacial score (nSPS) is 12.6. The quantitative estimate of drug-likeness (QED) is 0.598. The monoisotopic (exact) mass is 298 g/mol. The van der Waals surface area contributed by atoms with E-state index in [9.17, 15) is 0 Å². The first-order valence-electron chi connectivity index (χ1n) is 7.02. The van der Waals surface area contributed by atoms with Gasteiger partial charge < -0.3 is 15.2 Å². The van der Waals surface area contributed by atoms with Crippen LogP contribution in [0.2, 0.25) is 0 Å². The van der Waals surface area contributed by atoms with E-state index in [1.165, 1.54) is 0 Å². The fourth-order valence-electron chi connectivity index (χ4n) is 1.46. The summed E-state index contributed by atoms with van der Waals surface area (Å²) in [5.74, 6) is 1.60. The van der Waals surface area contributed by atoms with E-state index in [-0.39, 0.29) is 4.75 Å². The van der Waals surface area contributed by atoms with Gasteiger partial charge in [0.2, 0.25) is 0 Å². The highest BCUT2D eigenvalue weighted by molar-refractivity contribution is 7.99. The molecule has 0 aliphatic carbocycles. The molecule has 6 heteroatoms. The van der Waals surface area contributed by atoms with Crippen LogP contribution in [0.5, 0.6) is 0 Å². The highest BCUT2D eigenvalue weighted by Gasteiger charge is 2.16. The van der Waals surface area contributed by atoms with Crippen LogP contribution in [0.15, 0.2) is 15.6 Å². The lowest BCUT2D eigenvalue weighted by atomic mass is 10.2. The maximum atomic E-state index is 5.23. The minimum Gasteiger partial charge on any atom is -0.359 e. The fraction of sp³-hybridized carbons (Fsp3) is 0.714. The number of nitrogens with zero attached hydrogens (tertiary/aromatic N) is 2. The number of rotatable bonds is 7. The fourth-order valence-corrected chi connectivity index (χ4v) is 1.68. The number of guanidine groups is 1. The lowest BCUT2D eigenvalue weighted by Gasteiger charge is -2.23. The summed E-state index contributed by atoms with van der Waals surface area (Å²) in [7, 11) is 0. The molecular formula is C14H26N4OS. The molecule has 0 aliphatic heterocycles. The SMILES string of the molecule is CCNC(=NCc1cc(CC)no1)NCC(C)(C)SC. The second-order valence-electron chi connectivity index (χ2n) is 5.15. The van der Waals surface area contributed by atoms with Crippen molar-refractivity contribution in [2.24, 2.45) is 4.99 Å². The van der Waals surface area contributed by atoms with Crippen LogP contribution in [0.25, 0.3) is 0 Å². The van der Waals surface area contributed by atoms with E-state index in [1.54, 1.807) is 0 Å². The second kappa shape index (κ2) is 8.19. The Kier molecular flexibility index (Phi) is 6.91. The number of hydrogen-bond acceptors (Lipinski definition) is 4. The topological polar surface area (TPSA) is 62.5 Å². The molecule has 0 aromatic carbocycles. The average molecular weight is 298 g/mol. The first kappa shape index (κ1) is 16.9. The molecule has 0 aliphatic rings. The molecular weight excluding hydrogens is 272 g/mol. The highest BCUT2D eigenvalue weighted by atomic mass is 32.2. The van der Waals surface area contributed by atoms with Gasteiger partial charge in [-0.3, -0.25) is 0 Å². The number of nitrogens with one attached hydrogen (secondary N) is 2. The van der Waals surface area contributed by atoms with Crippen LogP contribution in [0.3, 0.4) is 0 Å². The summed E-state index contributed by atoms with van der Waals surface area (Å²) < 4.78 is 5.41. The third kappa shape index (κ3) is 5.86. The van der Waals surface area contributed by atoms with Crippen LogP contribution in [0.4, 0.5) is 0 Å². The zero-order valence-electron chi connectivity index (χ0n) is 13.1. The van der Waals surface area contributed by atoms with Crippen molar-refractivity contribution in [2.45, 2.75) is 45.4 Å². The molecule has 0 amide bonds. The Labute approximate surface area is 126 Å². The van der Waals surface area contributed by atoms with Crippen LogP contribution in [-0.2, 0) is 13.0 Å². The molecule has 5 nitrogen and oxygen atoms in total. The van der Waals surface area contributed by atoms with Gasteiger partial charge in [0.15, 0.2) is 11.7 Å². The lowest BCUT2D eigenvalue weighted by molar-refractivity contribution is 0.379. The summed E-state index contributed by atoms with van der Waals surface area (Å²) in [6.45, 7) is 10.7. The Bertz CT molecular complexity index is 429. The zero-order chi connectivity index (χ0) is 15.0. The van der Waals surface area contributed by atoms with Gasteiger partial charge in [-0.05, 0) is 33.4 Å². The van der Waals surface area contributed by atoms with Crippen molar-refractivity contribution in [1.29, 1.82) is 0 Å². The molecule has 1 aromatic heterocycles. The first-order valence-corrected chi connectivity index (χ1v) is 8.25. The standard InChI is InChI=1S/C14H26N4OS/c1-6-11-8-12(19-18-11)9-16-13(15-7-2)17-10-14(3,4)20-5/h8H,6-7,9-10H2,1-5H3,(H2,15,16,17). The first-order chi connectivity index (χ1) is 9.50. The molecule has 1 aromatic rings. The summed E-state index contributed by atoms with van der Waals surface area (Å²) in [6, 6.07) is 1.96. The van der Waals surface area contributed by atoms with Crippen LogP contribution >= 0.6 is 11.8 Å². The summed E-state index contributed by atoms with van der Waals surface area (Å²) in [5.41, 5.74) is 0.969.